The first-order chi connectivity index (χ1) is 4.22. The number of aliphatic hydroxyl groups excluding tert-OH is 2. The summed E-state index contributed by atoms with van der Waals surface area (Å²) in [7, 11) is 0. The molecule has 5 heteroatoms. The third-order valence-electron chi connectivity index (χ3n) is 1.05. The Balaban J connectivity index is 0. The second-order valence-electron chi connectivity index (χ2n) is 1.73. The monoisotopic (exact) mass is 197 g/mol. The van der Waals surface area contributed by atoms with Gasteiger partial charge < -0.3 is 15.3 Å². The van der Waals surface area contributed by atoms with Crippen LogP contribution in [0.2, 0.25) is 0 Å². The van der Waals surface area contributed by atoms with E-state index in [0.717, 1.165) is 0 Å². The van der Waals surface area contributed by atoms with Gasteiger partial charge in [0.1, 0.15) is 0 Å². The molecule has 0 aliphatic carbocycles. The molecule has 0 aliphatic heterocycles. The van der Waals surface area contributed by atoms with Crippen molar-refractivity contribution in [3.8, 4) is 0 Å². The minimum Gasteiger partial charge on any atom is -0.481 e. The maximum atomic E-state index is 10.0. The van der Waals surface area contributed by atoms with Crippen LogP contribution in [-0.2, 0) is 21.9 Å². The molecule has 1 radical (unpaired) electrons. The normalized spacial score (nSPS) is 11.8. The molecule has 0 spiro atoms. The molecule has 1 atom stereocenters. The second kappa shape index (κ2) is 7.02. The number of carbonyl (C=O) groups is 1. The van der Waals surface area contributed by atoms with Gasteiger partial charge in [0.2, 0.25) is 0 Å². The van der Waals surface area contributed by atoms with E-state index in [2.05, 4.69) is 0 Å². The van der Waals surface area contributed by atoms with E-state index >= 15 is 0 Å². The summed E-state index contributed by atoms with van der Waals surface area (Å²) in [5.74, 6) is -1.87. The van der Waals surface area contributed by atoms with Crippen molar-refractivity contribution in [1.29, 1.82) is 0 Å². The van der Waals surface area contributed by atoms with Gasteiger partial charge in [0.25, 0.3) is 0 Å². The van der Waals surface area contributed by atoms with Crippen LogP contribution in [0.25, 0.3) is 0 Å². The molecule has 0 aromatic heterocycles. The topological polar surface area (TPSA) is 77.8 Å². The standard InChI is InChI=1S/C5H10O4.Cu/c6-2-1-4(3-7)5(8)9;/h4,6-7H,1-3H2,(H,8,9);. The summed E-state index contributed by atoms with van der Waals surface area (Å²) in [5, 5.41) is 24.8. The Bertz CT molecular complexity index is 95.6. The van der Waals surface area contributed by atoms with Gasteiger partial charge >= 0.3 is 5.97 Å². The molecule has 0 saturated carbocycles. The van der Waals surface area contributed by atoms with Crippen LogP contribution in [0.5, 0.6) is 0 Å². The number of hydrogen-bond acceptors (Lipinski definition) is 3. The van der Waals surface area contributed by atoms with Crippen LogP contribution in [0.3, 0.4) is 0 Å². The predicted octanol–water partition coefficient (Wildman–Crippen LogP) is -0.941. The quantitative estimate of drug-likeness (QED) is 0.509. The molecule has 4 nitrogen and oxygen atoms in total. The molecule has 0 aliphatic rings. The molecule has 0 saturated heterocycles. The molecule has 10 heavy (non-hydrogen) atoms. The first-order valence-corrected chi connectivity index (χ1v) is 2.67. The second-order valence-corrected chi connectivity index (χ2v) is 1.73. The number of carboxylic acid groups (broad SMARTS) is 1. The van der Waals surface area contributed by atoms with Crippen LogP contribution in [0, 0.1) is 5.92 Å². The van der Waals surface area contributed by atoms with E-state index in [1.165, 1.54) is 0 Å². The number of aliphatic hydroxyl groups is 2. The van der Waals surface area contributed by atoms with Gasteiger partial charge in [-0.15, -0.1) is 0 Å². The Morgan fingerprint density at radius 2 is 1.90 bits per heavy atom. The fourth-order valence-electron chi connectivity index (χ4n) is 0.449. The Kier molecular flexibility index (Phi) is 8.83. The first-order valence-electron chi connectivity index (χ1n) is 2.67. The van der Waals surface area contributed by atoms with Gasteiger partial charge in [0, 0.05) is 23.7 Å². The predicted molar refractivity (Wildman–Crippen MR) is 29.9 cm³/mol. The third-order valence-corrected chi connectivity index (χ3v) is 1.05. The minimum absolute atomic E-state index is 0. The Morgan fingerprint density at radius 1 is 1.40 bits per heavy atom. The fraction of sp³-hybridized carbons (Fsp3) is 0.800. The van der Waals surface area contributed by atoms with Crippen LogP contribution in [0.4, 0.5) is 0 Å². The van der Waals surface area contributed by atoms with Crippen molar-refractivity contribution in [2.24, 2.45) is 5.92 Å². The SMILES string of the molecule is O=C(O)C(CO)CCO.[Cu]. The van der Waals surface area contributed by atoms with E-state index in [1.54, 1.807) is 0 Å². The van der Waals surface area contributed by atoms with Crippen molar-refractivity contribution in [2.45, 2.75) is 6.42 Å². The minimum atomic E-state index is -1.06. The Labute approximate surface area is 69.3 Å². The number of rotatable bonds is 4. The zero-order valence-corrected chi connectivity index (χ0v) is 6.19. The molecule has 0 amide bonds. The Hall–Kier alpha value is -0.0905. The van der Waals surface area contributed by atoms with E-state index in [1.807, 2.05) is 0 Å². The average Bonchev–Trinajstić information content (AvgIpc) is 1.82. The summed E-state index contributed by atoms with van der Waals surface area (Å²) in [6.45, 7) is -0.604. The molecule has 0 aromatic rings. The maximum absolute atomic E-state index is 10.0. The molecule has 1 unspecified atom stereocenters. The zero-order valence-electron chi connectivity index (χ0n) is 5.25. The van der Waals surface area contributed by atoms with Crippen molar-refractivity contribution >= 4 is 5.97 Å². The summed E-state index contributed by atoms with van der Waals surface area (Å²) < 4.78 is 0. The van der Waals surface area contributed by atoms with E-state index in [9.17, 15) is 4.79 Å². The average molecular weight is 198 g/mol. The van der Waals surface area contributed by atoms with Crippen molar-refractivity contribution in [3.05, 3.63) is 0 Å². The summed E-state index contributed by atoms with van der Waals surface area (Å²) in [5.41, 5.74) is 0. The van der Waals surface area contributed by atoms with Gasteiger partial charge in [0.15, 0.2) is 0 Å². The molecule has 0 heterocycles. The molecular formula is C5H10CuO4. The van der Waals surface area contributed by atoms with Crippen LogP contribution in [0.1, 0.15) is 6.42 Å². The smallest absolute Gasteiger partial charge is 0.308 e. The van der Waals surface area contributed by atoms with Gasteiger partial charge in [-0.25, -0.2) is 0 Å². The molecule has 0 bridgehead atoms. The summed E-state index contributed by atoms with van der Waals surface area (Å²) >= 11 is 0. The summed E-state index contributed by atoms with van der Waals surface area (Å²) in [6.07, 6.45) is 0.117. The zero-order chi connectivity index (χ0) is 7.28. The van der Waals surface area contributed by atoms with E-state index in [-0.39, 0.29) is 30.1 Å². The molecule has 3 N–H and O–H groups in total. The van der Waals surface area contributed by atoms with Crippen LogP contribution in [-0.4, -0.2) is 34.5 Å². The van der Waals surface area contributed by atoms with E-state index in [4.69, 9.17) is 15.3 Å². The van der Waals surface area contributed by atoms with Crippen LogP contribution >= 0.6 is 0 Å². The molecule has 65 valence electrons. The number of aliphatic carboxylic acids is 1. The van der Waals surface area contributed by atoms with Crippen molar-refractivity contribution < 1.29 is 37.2 Å². The van der Waals surface area contributed by atoms with Gasteiger partial charge in [-0.1, -0.05) is 0 Å². The van der Waals surface area contributed by atoms with Crippen molar-refractivity contribution in [3.63, 3.8) is 0 Å². The summed E-state index contributed by atoms with van der Waals surface area (Å²) in [4.78, 5) is 10.0. The molecule has 0 aromatic carbocycles. The van der Waals surface area contributed by atoms with Crippen molar-refractivity contribution in [1.82, 2.24) is 0 Å². The van der Waals surface area contributed by atoms with Crippen molar-refractivity contribution in [2.75, 3.05) is 13.2 Å². The van der Waals surface area contributed by atoms with Gasteiger partial charge in [-0.3, -0.25) is 4.79 Å². The first kappa shape index (κ1) is 12.6. The molecule has 0 fully saturated rings. The van der Waals surface area contributed by atoms with Crippen LogP contribution < -0.4 is 0 Å². The third kappa shape index (κ3) is 4.76. The van der Waals surface area contributed by atoms with E-state index in [0.29, 0.717) is 0 Å². The summed E-state index contributed by atoms with van der Waals surface area (Å²) in [6, 6.07) is 0. The van der Waals surface area contributed by atoms with Gasteiger partial charge in [-0.05, 0) is 6.42 Å². The number of carboxylic acids is 1. The molecule has 0 rings (SSSR count). The van der Waals surface area contributed by atoms with Crippen LogP contribution in [0.15, 0.2) is 0 Å². The van der Waals surface area contributed by atoms with E-state index < -0.39 is 18.5 Å². The largest absolute Gasteiger partial charge is 0.481 e. The number of hydrogen-bond donors (Lipinski definition) is 3. The van der Waals surface area contributed by atoms with Gasteiger partial charge in [0.05, 0.1) is 12.5 Å². The maximum Gasteiger partial charge on any atom is 0.308 e. The van der Waals surface area contributed by atoms with Gasteiger partial charge in [-0.2, -0.15) is 0 Å². The molecular weight excluding hydrogens is 188 g/mol. The fourth-order valence-corrected chi connectivity index (χ4v) is 0.449. The Morgan fingerprint density at radius 3 is 2.00 bits per heavy atom.